The van der Waals surface area contributed by atoms with Crippen LogP contribution in [0.3, 0.4) is 0 Å². The lowest BCUT2D eigenvalue weighted by Crippen LogP contribution is -2.11. The second-order valence-electron chi connectivity index (χ2n) is 4.09. The lowest BCUT2D eigenvalue weighted by atomic mass is 9.88. The molecule has 0 saturated carbocycles. The Bertz CT molecular complexity index is 287. The minimum Gasteiger partial charge on any atom is -0.396 e. The molecule has 2 heteroatoms. The van der Waals surface area contributed by atoms with Crippen molar-refractivity contribution in [2.24, 2.45) is 5.92 Å². The van der Waals surface area contributed by atoms with Crippen LogP contribution in [0.15, 0.2) is 18.2 Å². The fourth-order valence-electron chi connectivity index (χ4n) is 1.68. The molecule has 1 rings (SSSR count). The molecule has 0 fully saturated rings. The zero-order valence-electron chi connectivity index (χ0n) is 8.92. The highest BCUT2D eigenvalue weighted by atomic mass is 19.1. The van der Waals surface area contributed by atoms with Gasteiger partial charge in [0, 0.05) is 5.92 Å². The van der Waals surface area contributed by atoms with Gasteiger partial charge in [0.05, 0.1) is 6.61 Å². The Labute approximate surface area is 84.6 Å². The number of hydrogen-bond donors (Lipinski definition) is 1. The fraction of sp³-hybridized carbons (Fsp3) is 0.500. The Morgan fingerprint density at radius 1 is 1.29 bits per heavy atom. The predicted molar refractivity (Wildman–Crippen MR) is 55.8 cm³/mol. The zero-order chi connectivity index (χ0) is 10.7. The Morgan fingerprint density at radius 2 is 1.93 bits per heavy atom. The van der Waals surface area contributed by atoms with E-state index in [1.807, 2.05) is 26.8 Å². The molecule has 1 N–H and O–H groups in total. The molecule has 0 aliphatic carbocycles. The second kappa shape index (κ2) is 4.56. The molecule has 1 aromatic rings. The molecular weight excluding hydrogens is 179 g/mol. The summed E-state index contributed by atoms with van der Waals surface area (Å²) in [6, 6.07) is 4.94. The normalized spacial score (nSPS) is 13.3. The van der Waals surface area contributed by atoms with Gasteiger partial charge in [0.25, 0.3) is 0 Å². The van der Waals surface area contributed by atoms with Crippen LogP contribution in [0, 0.1) is 18.7 Å². The number of halogens is 1. The third-order valence-electron chi connectivity index (χ3n) is 2.49. The van der Waals surface area contributed by atoms with E-state index in [0.29, 0.717) is 5.92 Å². The minimum absolute atomic E-state index is 0.0319. The van der Waals surface area contributed by atoms with Crippen LogP contribution in [0.25, 0.3) is 0 Å². The highest BCUT2D eigenvalue weighted by Crippen LogP contribution is 2.25. The smallest absolute Gasteiger partial charge is 0.123 e. The van der Waals surface area contributed by atoms with E-state index in [2.05, 4.69) is 0 Å². The summed E-state index contributed by atoms with van der Waals surface area (Å²) in [6.45, 7) is 5.99. The van der Waals surface area contributed by atoms with Gasteiger partial charge in [-0.2, -0.15) is 0 Å². The molecule has 0 aliphatic rings. The van der Waals surface area contributed by atoms with Crippen LogP contribution >= 0.6 is 0 Å². The van der Waals surface area contributed by atoms with Gasteiger partial charge in [0.1, 0.15) is 5.82 Å². The van der Waals surface area contributed by atoms with Gasteiger partial charge in [-0.3, -0.25) is 0 Å². The molecular formula is C12H17FO. The summed E-state index contributed by atoms with van der Waals surface area (Å²) < 4.78 is 13.1. The van der Waals surface area contributed by atoms with E-state index in [9.17, 15) is 9.50 Å². The number of aliphatic hydroxyl groups excluding tert-OH is 1. The van der Waals surface area contributed by atoms with Crippen molar-refractivity contribution in [3.63, 3.8) is 0 Å². The van der Waals surface area contributed by atoms with E-state index in [1.165, 1.54) is 12.1 Å². The maximum absolute atomic E-state index is 13.1. The standard InChI is InChI=1S/C12H17FO/c1-8(2)12(7-14)10-4-9(3)5-11(13)6-10/h4-6,8,12,14H,7H2,1-3H3. The molecule has 0 aliphatic heterocycles. The van der Waals surface area contributed by atoms with Crippen LogP contribution in [0.1, 0.15) is 30.9 Å². The average Bonchev–Trinajstić information content (AvgIpc) is 2.02. The first-order valence-electron chi connectivity index (χ1n) is 4.92. The van der Waals surface area contributed by atoms with Crippen molar-refractivity contribution in [1.82, 2.24) is 0 Å². The molecule has 0 amide bonds. The predicted octanol–water partition coefficient (Wildman–Crippen LogP) is 2.87. The highest BCUT2D eigenvalue weighted by molar-refractivity contribution is 5.27. The molecule has 0 aromatic heterocycles. The van der Waals surface area contributed by atoms with E-state index in [1.54, 1.807) is 0 Å². The van der Waals surface area contributed by atoms with E-state index < -0.39 is 0 Å². The van der Waals surface area contributed by atoms with E-state index >= 15 is 0 Å². The molecule has 14 heavy (non-hydrogen) atoms. The van der Waals surface area contributed by atoms with Crippen molar-refractivity contribution < 1.29 is 9.50 Å². The molecule has 1 nitrogen and oxygen atoms in total. The van der Waals surface area contributed by atoms with Crippen LogP contribution in [0.2, 0.25) is 0 Å². The van der Waals surface area contributed by atoms with Crippen molar-refractivity contribution in [3.8, 4) is 0 Å². The summed E-state index contributed by atoms with van der Waals surface area (Å²) in [7, 11) is 0. The molecule has 0 heterocycles. The van der Waals surface area contributed by atoms with Crippen molar-refractivity contribution >= 4 is 0 Å². The highest BCUT2D eigenvalue weighted by Gasteiger charge is 2.15. The maximum atomic E-state index is 13.1. The largest absolute Gasteiger partial charge is 0.396 e. The lowest BCUT2D eigenvalue weighted by Gasteiger charge is -2.19. The monoisotopic (exact) mass is 196 g/mol. The zero-order valence-corrected chi connectivity index (χ0v) is 8.92. The lowest BCUT2D eigenvalue weighted by molar-refractivity contribution is 0.237. The number of aryl methyl sites for hydroxylation is 1. The Kier molecular flexibility index (Phi) is 3.64. The third-order valence-corrected chi connectivity index (χ3v) is 2.49. The van der Waals surface area contributed by atoms with Gasteiger partial charge in [-0.1, -0.05) is 19.9 Å². The number of aliphatic hydroxyl groups is 1. The molecule has 1 aromatic carbocycles. The first kappa shape index (κ1) is 11.2. The van der Waals surface area contributed by atoms with Crippen molar-refractivity contribution in [3.05, 3.63) is 35.1 Å². The van der Waals surface area contributed by atoms with Crippen LogP contribution in [0.5, 0.6) is 0 Å². The minimum atomic E-state index is -0.223. The average molecular weight is 196 g/mol. The van der Waals surface area contributed by atoms with Gasteiger partial charge in [-0.25, -0.2) is 4.39 Å². The van der Waals surface area contributed by atoms with Gasteiger partial charge in [-0.05, 0) is 36.1 Å². The number of rotatable bonds is 3. The summed E-state index contributed by atoms with van der Waals surface area (Å²) >= 11 is 0. The van der Waals surface area contributed by atoms with Crippen LogP contribution in [-0.4, -0.2) is 11.7 Å². The van der Waals surface area contributed by atoms with Gasteiger partial charge in [-0.15, -0.1) is 0 Å². The summed E-state index contributed by atoms with van der Waals surface area (Å²) in [6.07, 6.45) is 0. The van der Waals surface area contributed by atoms with Crippen LogP contribution < -0.4 is 0 Å². The van der Waals surface area contributed by atoms with E-state index in [4.69, 9.17) is 0 Å². The molecule has 0 radical (unpaired) electrons. The molecule has 0 saturated heterocycles. The molecule has 0 bridgehead atoms. The van der Waals surface area contributed by atoms with Gasteiger partial charge in [0.15, 0.2) is 0 Å². The van der Waals surface area contributed by atoms with Crippen LogP contribution in [-0.2, 0) is 0 Å². The fourth-order valence-corrected chi connectivity index (χ4v) is 1.68. The second-order valence-corrected chi connectivity index (χ2v) is 4.09. The summed E-state index contributed by atoms with van der Waals surface area (Å²) in [5, 5.41) is 9.21. The Balaban J connectivity index is 3.04. The quantitative estimate of drug-likeness (QED) is 0.788. The van der Waals surface area contributed by atoms with E-state index in [-0.39, 0.29) is 18.3 Å². The summed E-state index contributed by atoms with van der Waals surface area (Å²) in [5.41, 5.74) is 1.79. The molecule has 78 valence electrons. The molecule has 1 atom stereocenters. The van der Waals surface area contributed by atoms with Gasteiger partial charge in [0.2, 0.25) is 0 Å². The first-order chi connectivity index (χ1) is 6.54. The van der Waals surface area contributed by atoms with E-state index in [0.717, 1.165) is 11.1 Å². The SMILES string of the molecule is Cc1cc(F)cc(C(CO)C(C)C)c1. The van der Waals surface area contributed by atoms with Crippen molar-refractivity contribution in [1.29, 1.82) is 0 Å². The Morgan fingerprint density at radius 3 is 2.36 bits per heavy atom. The summed E-state index contributed by atoms with van der Waals surface area (Å²) in [5.74, 6) is 0.129. The van der Waals surface area contributed by atoms with Gasteiger partial charge >= 0.3 is 0 Å². The molecule has 0 spiro atoms. The molecule has 1 unspecified atom stereocenters. The summed E-state index contributed by atoms with van der Waals surface area (Å²) in [4.78, 5) is 0. The van der Waals surface area contributed by atoms with Crippen molar-refractivity contribution in [2.45, 2.75) is 26.7 Å². The van der Waals surface area contributed by atoms with Crippen molar-refractivity contribution in [2.75, 3.05) is 6.61 Å². The Hall–Kier alpha value is -0.890. The number of hydrogen-bond acceptors (Lipinski definition) is 1. The van der Waals surface area contributed by atoms with Crippen LogP contribution in [0.4, 0.5) is 4.39 Å². The van der Waals surface area contributed by atoms with Gasteiger partial charge < -0.3 is 5.11 Å². The maximum Gasteiger partial charge on any atom is 0.123 e. The third kappa shape index (κ3) is 2.55. The first-order valence-corrected chi connectivity index (χ1v) is 4.92. The topological polar surface area (TPSA) is 20.2 Å². The number of benzene rings is 1.